The molecule has 0 radical (unpaired) electrons. The number of amides is 1. The molecule has 0 aromatic carbocycles. The molecule has 88 valence electrons. The number of nitrogens with one attached hydrogen (secondary N) is 2. The lowest BCUT2D eigenvalue weighted by Crippen LogP contribution is -2.30. The second-order valence-electron chi connectivity index (χ2n) is 4.59. The van der Waals surface area contributed by atoms with Gasteiger partial charge in [-0.25, -0.2) is 0 Å². The van der Waals surface area contributed by atoms with Gasteiger partial charge in [0.1, 0.15) is 0 Å². The van der Waals surface area contributed by atoms with Crippen LogP contribution < -0.4 is 5.32 Å². The third-order valence-electron chi connectivity index (χ3n) is 2.98. The van der Waals surface area contributed by atoms with E-state index < -0.39 is 0 Å². The molecule has 1 amide bonds. The van der Waals surface area contributed by atoms with Crippen molar-refractivity contribution in [3.63, 3.8) is 0 Å². The van der Waals surface area contributed by atoms with Crippen LogP contribution in [0, 0.1) is 4.77 Å². The first-order valence-corrected chi connectivity index (χ1v) is 6.06. The van der Waals surface area contributed by atoms with Gasteiger partial charge in [-0.15, -0.1) is 0 Å². The smallest absolute Gasteiger partial charge is 0.220 e. The second kappa shape index (κ2) is 4.41. The van der Waals surface area contributed by atoms with Gasteiger partial charge in [-0.1, -0.05) is 13.8 Å². The van der Waals surface area contributed by atoms with Crippen molar-refractivity contribution in [3.05, 3.63) is 16.7 Å². The van der Waals surface area contributed by atoms with E-state index in [1.165, 1.54) is 5.69 Å². The summed E-state index contributed by atoms with van der Waals surface area (Å²) < 4.78 is 2.83. The summed E-state index contributed by atoms with van der Waals surface area (Å²) >= 11 is 5.25. The summed E-state index contributed by atoms with van der Waals surface area (Å²) in [6.07, 6.45) is 3.51. The first-order valence-electron chi connectivity index (χ1n) is 5.65. The Morgan fingerprint density at radius 3 is 2.94 bits per heavy atom. The molecule has 1 unspecified atom stereocenters. The Balaban J connectivity index is 2.17. The lowest BCUT2D eigenvalue weighted by Gasteiger charge is -2.15. The Kier molecular flexibility index (Phi) is 3.14. The Bertz CT molecular complexity index is 446. The van der Waals surface area contributed by atoms with Gasteiger partial charge in [-0.3, -0.25) is 4.79 Å². The van der Waals surface area contributed by atoms with Crippen LogP contribution in [0.3, 0.4) is 0 Å². The van der Waals surface area contributed by atoms with Crippen molar-refractivity contribution in [2.75, 3.05) is 0 Å². The van der Waals surface area contributed by atoms with Crippen molar-refractivity contribution in [1.29, 1.82) is 0 Å². The maximum atomic E-state index is 11.1. The number of imidazole rings is 1. The normalized spacial score (nSPS) is 20.4. The Morgan fingerprint density at radius 2 is 2.38 bits per heavy atom. The van der Waals surface area contributed by atoms with Crippen LogP contribution in [0.5, 0.6) is 0 Å². The van der Waals surface area contributed by atoms with E-state index in [0.717, 1.165) is 17.7 Å². The van der Waals surface area contributed by atoms with Crippen LogP contribution in [0.1, 0.15) is 38.3 Å². The standard InChI is InChI=1S/C11H17N3OS/c1-7(2)9-5-12-11(16)14(9)6-8-3-4-10(15)13-8/h5,7-8H,3-4,6H2,1-2H3,(H,12,16)(H,13,15). The van der Waals surface area contributed by atoms with Gasteiger partial charge in [-0.05, 0) is 24.6 Å². The lowest BCUT2D eigenvalue weighted by atomic mass is 10.1. The van der Waals surface area contributed by atoms with Gasteiger partial charge < -0.3 is 14.9 Å². The topological polar surface area (TPSA) is 49.8 Å². The molecule has 0 bridgehead atoms. The van der Waals surface area contributed by atoms with Crippen LogP contribution in [-0.2, 0) is 11.3 Å². The lowest BCUT2D eigenvalue weighted by molar-refractivity contribution is -0.119. The summed E-state index contributed by atoms with van der Waals surface area (Å²) in [4.78, 5) is 14.2. The molecule has 16 heavy (non-hydrogen) atoms. The van der Waals surface area contributed by atoms with Crippen molar-refractivity contribution >= 4 is 18.1 Å². The fourth-order valence-electron chi connectivity index (χ4n) is 2.11. The zero-order valence-electron chi connectivity index (χ0n) is 9.62. The van der Waals surface area contributed by atoms with Crippen molar-refractivity contribution in [3.8, 4) is 0 Å². The minimum atomic E-state index is 0.151. The number of carbonyl (C=O) groups excluding carboxylic acids is 1. The van der Waals surface area contributed by atoms with Gasteiger partial charge in [0, 0.05) is 30.9 Å². The minimum absolute atomic E-state index is 0.151. The number of aromatic amines is 1. The molecule has 1 saturated heterocycles. The molecule has 1 aromatic heterocycles. The number of hydrogen-bond acceptors (Lipinski definition) is 2. The summed E-state index contributed by atoms with van der Waals surface area (Å²) in [5.41, 5.74) is 1.20. The fourth-order valence-corrected chi connectivity index (χ4v) is 2.35. The van der Waals surface area contributed by atoms with E-state index in [4.69, 9.17) is 12.2 Å². The molecular formula is C11H17N3OS. The third kappa shape index (κ3) is 2.19. The molecule has 0 aliphatic carbocycles. The Morgan fingerprint density at radius 1 is 1.62 bits per heavy atom. The molecule has 5 heteroatoms. The molecule has 1 aliphatic heterocycles. The molecule has 1 atom stereocenters. The predicted octanol–water partition coefficient (Wildman–Crippen LogP) is 1.95. The molecule has 1 aromatic rings. The average Bonchev–Trinajstić information content (AvgIpc) is 2.76. The van der Waals surface area contributed by atoms with E-state index in [-0.39, 0.29) is 11.9 Å². The summed E-state index contributed by atoms with van der Waals surface area (Å²) in [5, 5.41) is 2.97. The SMILES string of the molecule is CC(C)c1c[nH]c(=S)n1CC1CCC(=O)N1. The highest BCUT2D eigenvalue weighted by Crippen LogP contribution is 2.17. The molecular weight excluding hydrogens is 222 g/mol. The van der Waals surface area contributed by atoms with Crippen LogP contribution in [0.15, 0.2) is 6.20 Å². The highest BCUT2D eigenvalue weighted by atomic mass is 32.1. The number of rotatable bonds is 3. The van der Waals surface area contributed by atoms with Gasteiger partial charge in [0.05, 0.1) is 0 Å². The fraction of sp³-hybridized carbons (Fsp3) is 0.636. The molecule has 0 saturated carbocycles. The molecule has 2 N–H and O–H groups in total. The van der Waals surface area contributed by atoms with Gasteiger partial charge >= 0.3 is 0 Å². The van der Waals surface area contributed by atoms with Crippen LogP contribution in [0.2, 0.25) is 0 Å². The van der Waals surface area contributed by atoms with Crippen molar-refractivity contribution in [2.24, 2.45) is 0 Å². The van der Waals surface area contributed by atoms with E-state index in [2.05, 4.69) is 28.7 Å². The maximum absolute atomic E-state index is 11.1. The van der Waals surface area contributed by atoms with E-state index in [1.807, 2.05) is 6.20 Å². The monoisotopic (exact) mass is 239 g/mol. The maximum Gasteiger partial charge on any atom is 0.220 e. The Labute approximate surface area is 100 Å². The van der Waals surface area contributed by atoms with Gasteiger partial charge in [0.15, 0.2) is 4.77 Å². The van der Waals surface area contributed by atoms with E-state index in [0.29, 0.717) is 12.3 Å². The van der Waals surface area contributed by atoms with Crippen LogP contribution >= 0.6 is 12.2 Å². The van der Waals surface area contributed by atoms with Crippen molar-refractivity contribution < 1.29 is 4.79 Å². The van der Waals surface area contributed by atoms with Crippen LogP contribution in [-0.4, -0.2) is 21.5 Å². The number of H-pyrrole nitrogens is 1. The van der Waals surface area contributed by atoms with E-state index in [1.54, 1.807) is 0 Å². The largest absolute Gasteiger partial charge is 0.352 e. The highest BCUT2D eigenvalue weighted by Gasteiger charge is 2.22. The summed E-state index contributed by atoms with van der Waals surface area (Å²) in [6.45, 7) is 5.06. The number of aromatic nitrogens is 2. The van der Waals surface area contributed by atoms with E-state index >= 15 is 0 Å². The average molecular weight is 239 g/mol. The number of hydrogen-bond donors (Lipinski definition) is 2. The molecule has 2 rings (SSSR count). The Hall–Kier alpha value is -1.10. The summed E-state index contributed by atoms with van der Waals surface area (Å²) in [7, 11) is 0. The van der Waals surface area contributed by atoms with Gasteiger partial charge in [-0.2, -0.15) is 0 Å². The zero-order chi connectivity index (χ0) is 11.7. The number of nitrogens with zero attached hydrogens (tertiary/aromatic N) is 1. The molecule has 2 heterocycles. The third-order valence-corrected chi connectivity index (χ3v) is 3.32. The van der Waals surface area contributed by atoms with E-state index in [9.17, 15) is 4.79 Å². The molecule has 1 aliphatic rings. The highest BCUT2D eigenvalue weighted by molar-refractivity contribution is 7.71. The zero-order valence-corrected chi connectivity index (χ0v) is 10.4. The quantitative estimate of drug-likeness (QED) is 0.792. The summed E-state index contributed by atoms with van der Waals surface area (Å²) in [5.74, 6) is 0.586. The van der Waals surface area contributed by atoms with Crippen molar-refractivity contribution in [1.82, 2.24) is 14.9 Å². The second-order valence-corrected chi connectivity index (χ2v) is 4.97. The van der Waals surface area contributed by atoms with Crippen LogP contribution in [0.25, 0.3) is 0 Å². The first-order chi connectivity index (χ1) is 7.58. The van der Waals surface area contributed by atoms with Crippen LogP contribution in [0.4, 0.5) is 0 Å². The minimum Gasteiger partial charge on any atom is -0.352 e. The molecule has 1 fully saturated rings. The number of carbonyl (C=O) groups is 1. The van der Waals surface area contributed by atoms with Gasteiger partial charge in [0.25, 0.3) is 0 Å². The van der Waals surface area contributed by atoms with Crippen molar-refractivity contribution in [2.45, 2.75) is 45.2 Å². The predicted molar refractivity (Wildman–Crippen MR) is 64.9 cm³/mol. The first kappa shape index (κ1) is 11.4. The molecule has 0 spiro atoms. The molecule has 4 nitrogen and oxygen atoms in total. The summed E-state index contributed by atoms with van der Waals surface area (Å²) in [6, 6.07) is 0.229. The van der Waals surface area contributed by atoms with Gasteiger partial charge in [0.2, 0.25) is 5.91 Å².